The standard InChI is InChI=1S/C33H41F2N5O2/c34-24-17-33(13-7-15-40(33)20-24)21-42-32-37-30-27-18-36-29(28(30)35)26-16-25(41)12-11-23(26)10-5-3-1-2-4-8-22-9-6-14-39(19-22)31(27)38-32/h11-12,16,18,22,24,41H,1-10,13-15,17,19-21H2/t22?,24-,33+/m1/s1. The number of piperidine rings is 1. The van der Waals surface area contributed by atoms with Gasteiger partial charge in [0.05, 0.1) is 10.9 Å². The Morgan fingerprint density at radius 1 is 1.00 bits per heavy atom. The molecular weight excluding hydrogens is 536 g/mol. The van der Waals surface area contributed by atoms with E-state index in [0.29, 0.717) is 35.7 Å². The molecule has 0 amide bonds. The summed E-state index contributed by atoms with van der Waals surface area (Å²) in [7, 11) is 0. The molecule has 0 spiro atoms. The Labute approximate surface area is 246 Å². The number of hydrogen-bond donors (Lipinski definition) is 1. The summed E-state index contributed by atoms with van der Waals surface area (Å²) in [6.07, 6.45) is 13.2. The zero-order valence-electron chi connectivity index (χ0n) is 24.3. The third kappa shape index (κ3) is 5.29. The highest BCUT2D eigenvalue weighted by atomic mass is 19.1. The minimum Gasteiger partial charge on any atom is -0.508 e. The predicted octanol–water partition coefficient (Wildman–Crippen LogP) is 6.60. The molecule has 0 aliphatic carbocycles. The number of aromatic hydroxyl groups is 1. The van der Waals surface area contributed by atoms with Crippen molar-refractivity contribution in [3.05, 3.63) is 35.8 Å². The summed E-state index contributed by atoms with van der Waals surface area (Å²) in [6.45, 7) is 3.31. The second-order valence-corrected chi connectivity index (χ2v) is 13.0. The van der Waals surface area contributed by atoms with Crippen LogP contribution in [0.2, 0.25) is 0 Å². The zero-order valence-corrected chi connectivity index (χ0v) is 24.3. The van der Waals surface area contributed by atoms with Crippen molar-refractivity contribution in [2.24, 2.45) is 5.92 Å². The predicted molar refractivity (Wildman–Crippen MR) is 159 cm³/mol. The third-order valence-electron chi connectivity index (χ3n) is 10.1. The summed E-state index contributed by atoms with van der Waals surface area (Å²) >= 11 is 0. The highest BCUT2D eigenvalue weighted by Gasteiger charge is 2.49. The molecule has 1 unspecified atom stereocenters. The topological polar surface area (TPSA) is 74.6 Å². The number of ether oxygens (including phenoxy) is 1. The van der Waals surface area contributed by atoms with E-state index in [1.165, 1.54) is 32.1 Å². The second kappa shape index (κ2) is 11.5. The summed E-state index contributed by atoms with van der Waals surface area (Å²) in [5.74, 6) is 0.777. The Morgan fingerprint density at radius 3 is 2.79 bits per heavy atom. The lowest BCUT2D eigenvalue weighted by Crippen LogP contribution is -2.43. The Bertz CT molecular complexity index is 1450. The summed E-state index contributed by atoms with van der Waals surface area (Å²) < 4.78 is 37.3. The molecule has 6 bridgehead atoms. The van der Waals surface area contributed by atoms with Crippen LogP contribution in [0.1, 0.15) is 76.2 Å². The van der Waals surface area contributed by atoms with Crippen molar-refractivity contribution in [3.8, 4) is 23.0 Å². The number of rotatable bonds is 3. The summed E-state index contributed by atoms with van der Waals surface area (Å²) in [6, 6.07) is 5.28. The van der Waals surface area contributed by atoms with Crippen LogP contribution < -0.4 is 9.64 Å². The minimum atomic E-state index is -0.856. The maximum Gasteiger partial charge on any atom is 0.319 e. The van der Waals surface area contributed by atoms with Crippen LogP contribution >= 0.6 is 0 Å². The van der Waals surface area contributed by atoms with E-state index in [4.69, 9.17) is 9.72 Å². The zero-order chi connectivity index (χ0) is 28.7. The van der Waals surface area contributed by atoms with Gasteiger partial charge in [-0.1, -0.05) is 31.7 Å². The molecule has 7 nitrogen and oxygen atoms in total. The maximum atomic E-state index is 16.6. The van der Waals surface area contributed by atoms with E-state index in [1.54, 1.807) is 18.3 Å². The molecule has 3 fully saturated rings. The van der Waals surface area contributed by atoms with Gasteiger partial charge in [0.25, 0.3) is 0 Å². The Kier molecular flexibility index (Phi) is 7.63. The van der Waals surface area contributed by atoms with Crippen molar-refractivity contribution < 1.29 is 18.6 Å². The summed E-state index contributed by atoms with van der Waals surface area (Å²) in [5.41, 5.74) is 1.58. The van der Waals surface area contributed by atoms with Crippen LogP contribution in [0.4, 0.5) is 14.6 Å². The van der Waals surface area contributed by atoms with Crippen molar-refractivity contribution in [2.45, 2.75) is 88.8 Å². The largest absolute Gasteiger partial charge is 0.508 e. The molecule has 3 saturated heterocycles. The molecule has 7 heterocycles. The monoisotopic (exact) mass is 577 g/mol. The lowest BCUT2D eigenvalue weighted by atomic mass is 9.92. The van der Waals surface area contributed by atoms with Crippen LogP contribution in [0.25, 0.3) is 22.2 Å². The fourth-order valence-electron chi connectivity index (χ4n) is 7.94. The molecule has 8 rings (SSSR count). The van der Waals surface area contributed by atoms with E-state index < -0.39 is 12.0 Å². The fourth-order valence-corrected chi connectivity index (χ4v) is 7.94. The van der Waals surface area contributed by atoms with Gasteiger partial charge in [-0.05, 0) is 75.1 Å². The number of aromatic nitrogens is 3. The highest BCUT2D eigenvalue weighted by Crippen LogP contribution is 2.41. The van der Waals surface area contributed by atoms with Gasteiger partial charge >= 0.3 is 6.01 Å². The maximum absolute atomic E-state index is 16.6. The Morgan fingerprint density at radius 2 is 1.86 bits per heavy atom. The van der Waals surface area contributed by atoms with E-state index in [-0.39, 0.29) is 35.1 Å². The number of anilines is 1. The van der Waals surface area contributed by atoms with E-state index >= 15 is 4.39 Å². The lowest BCUT2D eigenvalue weighted by molar-refractivity contribution is 0.107. The van der Waals surface area contributed by atoms with Crippen LogP contribution in [0.5, 0.6) is 11.8 Å². The number of hydrogen-bond acceptors (Lipinski definition) is 7. The van der Waals surface area contributed by atoms with Gasteiger partial charge in [0, 0.05) is 37.8 Å². The van der Waals surface area contributed by atoms with Crippen molar-refractivity contribution in [1.29, 1.82) is 0 Å². The van der Waals surface area contributed by atoms with Gasteiger partial charge in [0.15, 0.2) is 5.82 Å². The van der Waals surface area contributed by atoms with Crippen molar-refractivity contribution in [1.82, 2.24) is 19.9 Å². The van der Waals surface area contributed by atoms with Gasteiger partial charge in [0.1, 0.15) is 35.6 Å². The van der Waals surface area contributed by atoms with Gasteiger partial charge in [-0.25, -0.2) is 8.78 Å². The number of alkyl halides is 1. The number of nitrogens with zero attached hydrogens (tertiary/aromatic N) is 5. The SMILES string of the molecule is Oc1ccc2c(c1)-c1ncc3c(nc(OC[C@@]45CCCN4C[C@H](F)C5)nc3c1F)N1CCCC(CCCCCCC2)C1. The van der Waals surface area contributed by atoms with Crippen LogP contribution in [0.15, 0.2) is 24.4 Å². The number of phenolic OH excluding ortho intramolecular Hbond substituents is 1. The number of phenols is 1. The first-order valence-electron chi connectivity index (χ1n) is 15.9. The van der Waals surface area contributed by atoms with E-state index in [1.807, 2.05) is 6.07 Å². The molecule has 224 valence electrons. The molecule has 2 aromatic heterocycles. The number of benzene rings is 1. The third-order valence-corrected chi connectivity index (χ3v) is 10.1. The van der Waals surface area contributed by atoms with Crippen LogP contribution in [-0.2, 0) is 6.42 Å². The average Bonchev–Trinajstić information content (AvgIpc) is 3.51. The lowest BCUT2D eigenvalue weighted by Gasteiger charge is -2.34. The second-order valence-electron chi connectivity index (χ2n) is 13.0. The first-order valence-corrected chi connectivity index (χ1v) is 15.9. The number of pyridine rings is 1. The molecule has 5 aliphatic heterocycles. The summed E-state index contributed by atoms with van der Waals surface area (Å²) in [4.78, 5) is 18.6. The van der Waals surface area contributed by atoms with Gasteiger partial charge in [-0.3, -0.25) is 9.88 Å². The van der Waals surface area contributed by atoms with Crippen molar-refractivity contribution in [3.63, 3.8) is 0 Å². The van der Waals surface area contributed by atoms with Gasteiger partial charge in [0.2, 0.25) is 0 Å². The summed E-state index contributed by atoms with van der Waals surface area (Å²) in [5, 5.41) is 10.9. The van der Waals surface area contributed by atoms with Gasteiger partial charge in [-0.15, -0.1) is 0 Å². The molecule has 1 aromatic carbocycles. The van der Waals surface area contributed by atoms with Crippen molar-refractivity contribution in [2.75, 3.05) is 37.7 Å². The molecule has 0 saturated carbocycles. The minimum absolute atomic E-state index is 0.0794. The van der Waals surface area contributed by atoms with Crippen LogP contribution in [0.3, 0.4) is 0 Å². The molecular formula is C33H41F2N5O2. The molecule has 42 heavy (non-hydrogen) atoms. The molecule has 9 heteroatoms. The molecule has 5 aliphatic rings. The first kappa shape index (κ1) is 27.7. The molecule has 3 aromatic rings. The molecule has 0 radical (unpaired) electrons. The van der Waals surface area contributed by atoms with E-state index in [0.717, 1.165) is 63.7 Å². The van der Waals surface area contributed by atoms with Crippen molar-refractivity contribution >= 4 is 16.7 Å². The normalized spacial score (nSPS) is 26.9. The van der Waals surface area contributed by atoms with E-state index in [9.17, 15) is 9.50 Å². The van der Waals surface area contributed by atoms with Gasteiger partial charge < -0.3 is 14.7 Å². The Balaban J connectivity index is 1.32. The number of halogens is 2. The molecule has 1 N–H and O–H groups in total. The van der Waals surface area contributed by atoms with Gasteiger partial charge in [-0.2, -0.15) is 9.97 Å². The Hall–Kier alpha value is -3.07. The van der Waals surface area contributed by atoms with Crippen LogP contribution in [-0.4, -0.2) is 69.5 Å². The molecule has 3 atom stereocenters. The average molecular weight is 578 g/mol. The highest BCUT2D eigenvalue weighted by molar-refractivity contribution is 5.92. The van der Waals surface area contributed by atoms with E-state index in [2.05, 4.69) is 19.8 Å². The first-order chi connectivity index (χ1) is 20.5. The van der Waals surface area contributed by atoms with Crippen LogP contribution in [0, 0.1) is 11.7 Å². The number of aryl methyl sites for hydroxylation is 1. The fraction of sp³-hybridized carbons (Fsp3) is 0.606. The smallest absolute Gasteiger partial charge is 0.319 e. The number of fused-ring (bicyclic) bond motifs is 8. The quantitative estimate of drug-likeness (QED) is 0.376.